The van der Waals surface area contributed by atoms with Crippen LogP contribution in [-0.2, 0) is 4.74 Å². The number of fused-ring (bicyclic) bond motifs is 1. The van der Waals surface area contributed by atoms with Gasteiger partial charge in [0.15, 0.2) is 11.5 Å². The topological polar surface area (TPSA) is 108 Å². The van der Waals surface area contributed by atoms with E-state index in [4.69, 9.17) is 18.9 Å². The molecule has 2 aromatic rings. The molecule has 0 spiro atoms. The average molecular weight is 453 g/mol. The number of carbonyl (C=O) groups excluding carboxylic acids is 2. The zero-order valence-electron chi connectivity index (χ0n) is 18.9. The molecule has 1 aliphatic heterocycles. The van der Waals surface area contributed by atoms with E-state index in [1.165, 1.54) is 0 Å². The Hall–Kier alpha value is -3.62. The molecule has 0 atom stereocenters. The Balaban J connectivity index is 1.38. The number of ether oxygens (including phenoxy) is 4. The van der Waals surface area contributed by atoms with Gasteiger partial charge in [-0.25, -0.2) is 14.8 Å². The summed E-state index contributed by atoms with van der Waals surface area (Å²) in [6.45, 7) is 5.64. The van der Waals surface area contributed by atoms with Crippen LogP contribution in [0.4, 0.5) is 4.79 Å². The van der Waals surface area contributed by atoms with Crippen molar-refractivity contribution in [2.24, 2.45) is 4.99 Å². The molecule has 0 radical (unpaired) electrons. The van der Waals surface area contributed by atoms with E-state index < -0.39 is 17.6 Å². The van der Waals surface area contributed by atoms with Crippen LogP contribution >= 0.6 is 0 Å². The number of carbonyl (C=O) groups is 2. The Morgan fingerprint density at radius 2 is 1.88 bits per heavy atom. The van der Waals surface area contributed by atoms with Crippen LogP contribution in [0.5, 0.6) is 23.1 Å². The van der Waals surface area contributed by atoms with Crippen LogP contribution in [0.1, 0.15) is 56.8 Å². The molecule has 1 fully saturated rings. The van der Waals surface area contributed by atoms with Crippen LogP contribution in [0.2, 0.25) is 0 Å². The van der Waals surface area contributed by atoms with Crippen molar-refractivity contribution in [2.75, 3.05) is 6.79 Å². The SMILES string of the molecule is CC(C)(C)OC(=O)NC1CCC(=NC(=O)c2cccnc2Oc2ccc3c(c2)OCO3)CC1. The van der Waals surface area contributed by atoms with Gasteiger partial charge in [-0.3, -0.25) is 4.79 Å². The highest BCUT2D eigenvalue weighted by molar-refractivity contribution is 6.05. The second-order valence-electron chi connectivity index (χ2n) is 8.88. The lowest BCUT2D eigenvalue weighted by Crippen LogP contribution is -2.41. The minimum atomic E-state index is -0.540. The molecule has 0 bridgehead atoms. The molecule has 0 saturated heterocycles. The first kappa shape index (κ1) is 22.6. The number of nitrogens with zero attached hydrogens (tertiary/aromatic N) is 2. The van der Waals surface area contributed by atoms with Crippen molar-refractivity contribution in [3.63, 3.8) is 0 Å². The summed E-state index contributed by atoms with van der Waals surface area (Å²) < 4.78 is 21.8. The summed E-state index contributed by atoms with van der Waals surface area (Å²) in [6.07, 6.45) is 3.75. The highest BCUT2D eigenvalue weighted by atomic mass is 16.7. The summed E-state index contributed by atoms with van der Waals surface area (Å²) in [5.41, 5.74) is 0.527. The Morgan fingerprint density at radius 1 is 1.12 bits per heavy atom. The van der Waals surface area contributed by atoms with Crippen molar-refractivity contribution in [1.29, 1.82) is 0 Å². The van der Waals surface area contributed by atoms with Crippen LogP contribution in [0.3, 0.4) is 0 Å². The van der Waals surface area contributed by atoms with Gasteiger partial charge in [0.1, 0.15) is 16.9 Å². The third kappa shape index (κ3) is 6.00. The predicted molar refractivity (Wildman–Crippen MR) is 120 cm³/mol. The lowest BCUT2D eigenvalue weighted by molar-refractivity contribution is 0.0498. The van der Waals surface area contributed by atoms with Gasteiger partial charge in [-0.05, 0) is 70.7 Å². The van der Waals surface area contributed by atoms with E-state index in [1.54, 1.807) is 36.5 Å². The number of nitrogens with one attached hydrogen (secondary N) is 1. The molecule has 1 aromatic carbocycles. The van der Waals surface area contributed by atoms with Crippen molar-refractivity contribution < 1.29 is 28.5 Å². The number of hydrogen-bond acceptors (Lipinski definition) is 7. The number of hydrogen-bond donors (Lipinski definition) is 1. The van der Waals surface area contributed by atoms with Gasteiger partial charge < -0.3 is 24.3 Å². The first-order valence-electron chi connectivity index (χ1n) is 10.9. The van der Waals surface area contributed by atoms with E-state index in [0.717, 1.165) is 5.71 Å². The summed E-state index contributed by atoms with van der Waals surface area (Å²) in [6, 6.07) is 8.46. The zero-order chi connectivity index (χ0) is 23.4. The van der Waals surface area contributed by atoms with Gasteiger partial charge in [0.2, 0.25) is 12.7 Å². The lowest BCUT2D eigenvalue weighted by atomic mass is 9.93. The number of aromatic nitrogens is 1. The Labute approximate surface area is 192 Å². The summed E-state index contributed by atoms with van der Waals surface area (Å²) in [5, 5.41) is 2.88. The maximum atomic E-state index is 12.9. The average Bonchev–Trinajstić information content (AvgIpc) is 3.22. The van der Waals surface area contributed by atoms with Crippen LogP contribution < -0.4 is 19.5 Å². The number of amides is 2. The minimum absolute atomic E-state index is 0.00260. The summed E-state index contributed by atoms with van der Waals surface area (Å²) in [4.78, 5) is 33.4. The van der Waals surface area contributed by atoms with Crippen LogP contribution in [0.25, 0.3) is 0 Å². The molecule has 0 unspecified atom stereocenters. The quantitative estimate of drug-likeness (QED) is 0.718. The Bertz CT molecular complexity index is 1070. The van der Waals surface area contributed by atoms with Gasteiger partial charge in [0.05, 0.1) is 0 Å². The summed E-state index contributed by atoms with van der Waals surface area (Å²) >= 11 is 0. The van der Waals surface area contributed by atoms with Crippen LogP contribution in [-0.4, -0.2) is 41.1 Å². The molecule has 9 nitrogen and oxygen atoms in total. The highest BCUT2D eigenvalue weighted by Gasteiger charge is 2.24. The largest absolute Gasteiger partial charge is 0.454 e. The van der Waals surface area contributed by atoms with Crippen molar-refractivity contribution in [1.82, 2.24) is 10.3 Å². The number of pyridine rings is 1. The molecule has 174 valence electrons. The highest BCUT2D eigenvalue weighted by Crippen LogP contribution is 2.36. The van der Waals surface area contributed by atoms with E-state index in [1.807, 2.05) is 20.8 Å². The fraction of sp³-hybridized carbons (Fsp3) is 0.417. The molecule has 4 rings (SSSR count). The normalized spacial score (nSPS) is 17.3. The van der Waals surface area contributed by atoms with Gasteiger partial charge in [0.25, 0.3) is 5.91 Å². The van der Waals surface area contributed by atoms with Gasteiger partial charge in [-0.1, -0.05) is 0 Å². The second kappa shape index (κ2) is 9.48. The number of alkyl carbamates (subject to hydrolysis) is 1. The lowest BCUT2D eigenvalue weighted by Gasteiger charge is -2.26. The molecule has 1 saturated carbocycles. The molecule has 2 aliphatic rings. The van der Waals surface area contributed by atoms with E-state index in [2.05, 4.69) is 15.3 Å². The molecule has 2 amide bonds. The third-order valence-corrected chi connectivity index (χ3v) is 5.10. The molecule has 1 aliphatic carbocycles. The fourth-order valence-electron chi connectivity index (χ4n) is 3.57. The first-order chi connectivity index (χ1) is 15.8. The predicted octanol–water partition coefficient (Wildman–Crippen LogP) is 4.65. The van der Waals surface area contributed by atoms with E-state index in [0.29, 0.717) is 42.9 Å². The smallest absolute Gasteiger partial charge is 0.407 e. The van der Waals surface area contributed by atoms with Crippen LogP contribution in [0.15, 0.2) is 41.5 Å². The molecule has 2 heterocycles. The van der Waals surface area contributed by atoms with Gasteiger partial charge in [-0.2, -0.15) is 0 Å². The van der Waals surface area contributed by atoms with Gasteiger partial charge in [-0.15, -0.1) is 0 Å². The van der Waals surface area contributed by atoms with E-state index in [9.17, 15) is 9.59 Å². The van der Waals surface area contributed by atoms with E-state index >= 15 is 0 Å². The first-order valence-corrected chi connectivity index (χ1v) is 10.9. The zero-order valence-corrected chi connectivity index (χ0v) is 18.9. The van der Waals surface area contributed by atoms with Crippen molar-refractivity contribution in [3.8, 4) is 23.1 Å². The number of aliphatic imine (C=N–C) groups is 1. The van der Waals surface area contributed by atoms with Crippen LogP contribution in [0, 0.1) is 0 Å². The van der Waals surface area contributed by atoms with E-state index in [-0.39, 0.29) is 24.3 Å². The Morgan fingerprint density at radius 3 is 2.64 bits per heavy atom. The molecular weight excluding hydrogens is 426 g/mol. The third-order valence-electron chi connectivity index (χ3n) is 5.10. The van der Waals surface area contributed by atoms with Gasteiger partial charge in [0, 0.05) is 24.0 Å². The molecular formula is C24H27N3O6. The fourth-order valence-corrected chi connectivity index (χ4v) is 3.57. The van der Waals surface area contributed by atoms with Gasteiger partial charge >= 0.3 is 6.09 Å². The molecule has 1 aromatic heterocycles. The number of rotatable bonds is 4. The molecule has 9 heteroatoms. The maximum Gasteiger partial charge on any atom is 0.407 e. The van der Waals surface area contributed by atoms with Crippen molar-refractivity contribution in [2.45, 2.75) is 58.1 Å². The maximum absolute atomic E-state index is 12.9. The minimum Gasteiger partial charge on any atom is -0.454 e. The Kier molecular flexibility index (Phi) is 6.48. The molecule has 33 heavy (non-hydrogen) atoms. The monoisotopic (exact) mass is 453 g/mol. The van der Waals surface area contributed by atoms with Crippen molar-refractivity contribution >= 4 is 17.7 Å². The van der Waals surface area contributed by atoms with Crippen molar-refractivity contribution in [3.05, 3.63) is 42.1 Å². The molecule has 1 N–H and O–H groups in total. The summed E-state index contributed by atoms with van der Waals surface area (Å²) in [5.74, 6) is 1.46. The second-order valence-corrected chi connectivity index (χ2v) is 8.88. The number of benzene rings is 1. The standard InChI is InChI=1S/C24H27N3O6/c1-24(2,3)33-23(29)27-16-8-6-15(7-9-16)26-21(28)18-5-4-12-25-22(18)32-17-10-11-19-20(13-17)31-14-30-19/h4-5,10-13,16H,6-9,14H2,1-3H3,(H,27,29). The summed E-state index contributed by atoms with van der Waals surface area (Å²) in [7, 11) is 0.